The van der Waals surface area contributed by atoms with Gasteiger partial charge < -0.3 is 14.4 Å². The Morgan fingerprint density at radius 1 is 1.24 bits per heavy atom. The number of halogens is 1. The number of benzene rings is 2. The van der Waals surface area contributed by atoms with Gasteiger partial charge in [-0.25, -0.2) is 4.98 Å². The summed E-state index contributed by atoms with van der Waals surface area (Å²) >= 11 is 3.39. The van der Waals surface area contributed by atoms with Crippen molar-refractivity contribution in [2.45, 2.75) is 6.42 Å². The van der Waals surface area contributed by atoms with Crippen LogP contribution in [0.5, 0.6) is 0 Å². The Kier molecular flexibility index (Phi) is 3.80. The first-order valence-electron chi connectivity index (χ1n) is 7.71. The number of aliphatic carboxylic acids is 1. The summed E-state index contributed by atoms with van der Waals surface area (Å²) in [5, 5.41) is 9.11. The SMILES string of the molecule is O=C(O)C1CC(=O)N(c2ccc3nc(-c4ccc(Br)cc4)oc3c2)C1. The van der Waals surface area contributed by atoms with Crippen molar-refractivity contribution in [2.24, 2.45) is 5.92 Å². The Bertz CT molecular complexity index is 980. The third-order valence-corrected chi connectivity index (χ3v) is 4.78. The van der Waals surface area contributed by atoms with E-state index in [0.29, 0.717) is 22.7 Å². The second-order valence-electron chi connectivity index (χ2n) is 5.92. The molecule has 0 aliphatic carbocycles. The molecule has 1 aliphatic heterocycles. The van der Waals surface area contributed by atoms with E-state index in [0.717, 1.165) is 10.0 Å². The maximum atomic E-state index is 12.1. The maximum Gasteiger partial charge on any atom is 0.308 e. The van der Waals surface area contributed by atoms with Crippen LogP contribution in [0, 0.1) is 5.92 Å². The van der Waals surface area contributed by atoms with E-state index < -0.39 is 11.9 Å². The number of amides is 1. The van der Waals surface area contributed by atoms with E-state index >= 15 is 0 Å². The molecule has 1 aromatic heterocycles. The van der Waals surface area contributed by atoms with Crippen LogP contribution in [0.25, 0.3) is 22.6 Å². The molecule has 2 heterocycles. The number of hydrogen-bond acceptors (Lipinski definition) is 4. The van der Waals surface area contributed by atoms with Gasteiger partial charge in [0.05, 0.1) is 5.92 Å². The first-order valence-corrected chi connectivity index (χ1v) is 8.50. The summed E-state index contributed by atoms with van der Waals surface area (Å²) in [5.74, 6) is -1.32. The van der Waals surface area contributed by atoms with Crippen LogP contribution in [0.15, 0.2) is 51.4 Å². The fraction of sp³-hybridized carbons (Fsp3) is 0.167. The van der Waals surface area contributed by atoms with E-state index in [-0.39, 0.29) is 18.9 Å². The molecule has 7 heteroatoms. The fourth-order valence-corrected chi connectivity index (χ4v) is 3.18. The lowest BCUT2D eigenvalue weighted by molar-refractivity contribution is -0.141. The minimum Gasteiger partial charge on any atom is -0.481 e. The molecule has 25 heavy (non-hydrogen) atoms. The summed E-state index contributed by atoms with van der Waals surface area (Å²) in [4.78, 5) is 29.2. The van der Waals surface area contributed by atoms with Crippen molar-refractivity contribution in [3.63, 3.8) is 0 Å². The average Bonchev–Trinajstić information content (AvgIpc) is 3.18. The lowest BCUT2D eigenvalue weighted by Crippen LogP contribution is -2.25. The van der Waals surface area contributed by atoms with Gasteiger partial charge in [-0.3, -0.25) is 9.59 Å². The molecule has 126 valence electrons. The molecule has 1 N–H and O–H groups in total. The van der Waals surface area contributed by atoms with Crippen molar-refractivity contribution in [1.82, 2.24) is 4.98 Å². The molecule has 2 aromatic carbocycles. The molecule has 1 fully saturated rings. The molecule has 4 rings (SSSR count). The number of aromatic nitrogens is 1. The third-order valence-electron chi connectivity index (χ3n) is 4.25. The summed E-state index contributed by atoms with van der Waals surface area (Å²) < 4.78 is 6.79. The predicted molar refractivity (Wildman–Crippen MR) is 95.2 cm³/mol. The molecular formula is C18H13BrN2O4. The van der Waals surface area contributed by atoms with Gasteiger partial charge >= 0.3 is 5.97 Å². The normalized spacial score (nSPS) is 17.4. The lowest BCUT2D eigenvalue weighted by atomic mass is 10.1. The van der Waals surface area contributed by atoms with E-state index in [1.165, 1.54) is 4.90 Å². The molecule has 0 bridgehead atoms. The molecule has 1 amide bonds. The minimum atomic E-state index is -0.950. The highest BCUT2D eigenvalue weighted by Crippen LogP contribution is 2.31. The van der Waals surface area contributed by atoms with Crippen molar-refractivity contribution in [3.8, 4) is 11.5 Å². The number of carbonyl (C=O) groups excluding carboxylic acids is 1. The number of oxazole rings is 1. The van der Waals surface area contributed by atoms with Crippen LogP contribution in [-0.2, 0) is 9.59 Å². The van der Waals surface area contributed by atoms with Gasteiger partial charge in [-0.05, 0) is 36.4 Å². The maximum absolute atomic E-state index is 12.1. The van der Waals surface area contributed by atoms with Gasteiger partial charge in [0, 0.05) is 34.8 Å². The molecule has 0 saturated carbocycles. The molecule has 1 unspecified atom stereocenters. The second kappa shape index (κ2) is 6.00. The van der Waals surface area contributed by atoms with Crippen LogP contribution >= 0.6 is 15.9 Å². The van der Waals surface area contributed by atoms with Gasteiger partial charge in [-0.1, -0.05) is 15.9 Å². The largest absolute Gasteiger partial charge is 0.481 e. The number of carboxylic acid groups (broad SMARTS) is 1. The molecular weight excluding hydrogens is 388 g/mol. The van der Waals surface area contributed by atoms with Gasteiger partial charge in [0.2, 0.25) is 11.8 Å². The quantitative estimate of drug-likeness (QED) is 0.724. The highest BCUT2D eigenvalue weighted by molar-refractivity contribution is 9.10. The van der Waals surface area contributed by atoms with Crippen LogP contribution in [-0.4, -0.2) is 28.5 Å². The molecule has 6 nitrogen and oxygen atoms in total. The van der Waals surface area contributed by atoms with Gasteiger partial charge in [-0.15, -0.1) is 0 Å². The Balaban J connectivity index is 1.68. The Morgan fingerprint density at radius 2 is 2.00 bits per heavy atom. The van der Waals surface area contributed by atoms with Crippen molar-refractivity contribution in [3.05, 3.63) is 46.9 Å². The van der Waals surface area contributed by atoms with E-state index in [2.05, 4.69) is 20.9 Å². The lowest BCUT2D eigenvalue weighted by Gasteiger charge is -2.15. The fourth-order valence-electron chi connectivity index (χ4n) is 2.92. The third kappa shape index (κ3) is 2.91. The van der Waals surface area contributed by atoms with E-state index in [9.17, 15) is 9.59 Å². The highest BCUT2D eigenvalue weighted by Gasteiger charge is 2.35. The standard InChI is InChI=1S/C18H13BrN2O4/c19-12-3-1-10(2-4-12)17-20-14-6-5-13(8-15(14)25-17)21-9-11(18(23)24)7-16(21)22/h1-6,8,11H,7,9H2,(H,23,24). The number of nitrogens with zero attached hydrogens (tertiary/aromatic N) is 2. The average molecular weight is 401 g/mol. The van der Waals surface area contributed by atoms with Crippen LogP contribution in [0.2, 0.25) is 0 Å². The summed E-state index contributed by atoms with van der Waals surface area (Å²) in [6.45, 7) is 0.174. The van der Waals surface area contributed by atoms with Gasteiger partial charge in [0.15, 0.2) is 5.58 Å². The van der Waals surface area contributed by atoms with E-state index in [1.807, 2.05) is 24.3 Å². The van der Waals surface area contributed by atoms with Crippen LogP contribution in [0.3, 0.4) is 0 Å². The van der Waals surface area contributed by atoms with Crippen LogP contribution in [0.4, 0.5) is 5.69 Å². The van der Waals surface area contributed by atoms with Crippen LogP contribution < -0.4 is 4.90 Å². The number of carboxylic acids is 1. The van der Waals surface area contributed by atoms with Crippen molar-refractivity contribution >= 4 is 44.6 Å². The molecule has 1 aliphatic rings. The molecule has 1 saturated heterocycles. The zero-order valence-electron chi connectivity index (χ0n) is 13.0. The summed E-state index contributed by atoms with van der Waals surface area (Å²) in [6.07, 6.45) is 0.0217. The number of rotatable bonds is 3. The second-order valence-corrected chi connectivity index (χ2v) is 6.84. The minimum absolute atomic E-state index is 0.0217. The number of carbonyl (C=O) groups is 2. The smallest absolute Gasteiger partial charge is 0.308 e. The number of fused-ring (bicyclic) bond motifs is 1. The Labute approximate surface area is 151 Å². The zero-order valence-corrected chi connectivity index (χ0v) is 14.6. The molecule has 0 radical (unpaired) electrons. The van der Waals surface area contributed by atoms with Gasteiger partial charge in [-0.2, -0.15) is 0 Å². The van der Waals surface area contributed by atoms with Gasteiger partial charge in [0.1, 0.15) is 5.52 Å². The molecule has 3 aromatic rings. The molecule has 0 spiro atoms. The van der Waals surface area contributed by atoms with E-state index in [1.54, 1.807) is 18.2 Å². The first-order chi connectivity index (χ1) is 12.0. The van der Waals surface area contributed by atoms with Gasteiger partial charge in [0.25, 0.3) is 0 Å². The Morgan fingerprint density at radius 3 is 2.68 bits per heavy atom. The monoisotopic (exact) mass is 400 g/mol. The zero-order chi connectivity index (χ0) is 17.6. The Hall–Kier alpha value is -2.67. The number of anilines is 1. The first kappa shape index (κ1) is 15.8. The van der Waals surface area contributed by atoms with Crippen LogP contribution in [0.1, 0.15) is 6.42 Å². The van der Waals surface area contributed by atoms with Crippen molar-refractivity contribution < 1.29 is 19.1 Å². The highest BCUT2D eigenvalue weighted by atomic mass is 79.9. The van der Waals surface area contributed by atoms with Crippen molar-refractivity contribution in [2.75, 3.05) is 11.4 Å². The number of hydrogen-bond donors (Lipinski definition) is 1. The predicted octanol–water partition coefficient (Wildman–Crippen LogP) is 3.69. The van der Waals surface area contributed by atoms with E-state index in [4.69, 9.17) is 9.52 Å². The topological polar surface area (TPSA) is 83.6 Å². The van der Waals surface area contributed by atoms with Crippen molar-refractivity contribution in [1.29, 1.82) is 0 Å². The summed E-state index contributed by atoms with van der Waals surface area (Å²) in [7, 11) is 0. The summed E-state index contributed by atoms with van der Waals surface area (Å²) in [5.41, 5.74) is 2.72. The molecule has 1 atom stereocenters. The summed E-state index contributed by atoms with van der Waals surface area (Å²) in [6, 6.07) is 12.9.